The number of para-hydroxylation sites is 1. The van der Waals surface area contributed by atoms with Gasteiger partial charge < -0.3 is 15.4 Å². The monoisotopic (exact) mass is 288 g/mol. The second kappa shape index (κ2) is 7.27. The van der Waals surface area contributed by atoms with Gasteiger partial charge in [0.05, 0.1) is 13.2 Å². The van der Waals surface area contributed by atoms with E-state index in [9.17, 15) is 4.79 Å². The lowest BCUT2D eigenvalue weighted by Crippen LogP contribution is -2.26. The minimum atomic E-state index is -0.190. The number of benzene rings is 1. The van der Waals surface area contributed by atoms with Gasteiger partial charge in [0, 0.05) is 11.9 Å². The number of amides is 2. The molecule has 21 heavy (non-hydrogen) atoms. The van der Waals surface area contributed by atoms with Crippen molar-refractivity contribution in [1.29, 1.82) is 0 Å². The van der Waals surface area contributed by atoms with E-state index in [0.717, 1.165) is 42.9 Å². The van der Waals surface area contributed by atoms with Crippen LogP contribution in [0.5, 0.6) is 0 Å². The summed E-state index contributed by atoms with van der Waals surface area (Å²) in [4.78, 5) is 12.1. The highest BCUT2D eigenvalue weighted by molar-refractivity contribution is 5.91. The van der Waals surface area contributed by atoms with Crippen molar-refractivity contribution in [3.05, 3.63) is 41.1 Å². The zero-order valence-corrected chi connectivity index (χ0v) is 13.0. The zero-order chi connectivity index (χ0) is 15.2. The van der Waals surface area contributed by atoms with E-state index in [1.165, 1.54) is 5.57 Å². The molecule has 1 aliphatic rings. The molecule has 1 aromatic rings. The van der Waals surface area contributed by atoms with Crippen LogP contribution in [-0.4, -0.2) is 19.2 Å². The SMILES string of the molecule is Cc1cccc(C(C)C)c1NC(=O)NC=C1CCOCC1. The van der Waals surface area contributed by atoms with Crippen molar-refractivity contribution in [2.45, 2.75) is 39.5 Å². The Morgan fingerprint density at radius 1 is 1.29 bits per heavy atom. The van der Waals surface area contributed by atoms with Crippen molar-refractivity contribution >= 4 is 11.7 Å². The van der Waals surface area contributed by atoms with E-state index in [0.29, 0.717) is 5.92 Å². The lowest BCUT2D eigenvalue weighted by Gasteiger charge is -2.17. The summed E-state index contributed by atoms with van der Waals surface area (Å²) < 4.78 is 5.29. The van der Waals surface area contributed by atoms with Gasteiger partial charge in [-0.15, -0.1) is 0 Å². The predicted molar refractivity (Wildman–Crippen MR) is 85.6 cm³/mol. The minimum Gasteiger partial charge on any atom is -0.381 e. The molecule has 2 N–H and O–H groups in total. The molecule has 0 unspecified atom stereocenters. The predicted octanol–water partition coefficient (Wildman–Crippen LogP) is 3.93. The Morgan fingerprint density at radius 2 is 2.00 bits per heavy atom. The molecule has 2 amide bonds. The normalized spacial score (nSPS) is 15.0. The lowest BCUT2D eigenvalue weighted by atomic mass is 9.98. The van der Waals surface area contributed by atoms with E-state index >= 15 is 0 Å². The van der Waals surface area contributed by atoms with Gasteiger partial charge in [0.1, 0.15) is 0 Å². The fraction of sp³-hybridized carbons (Fsp3) is 0.471. The number of carbonyl (C=O) groups is 1. The van der Waals surface area contributed by atoms with E-state index in [1.807, 2.05) is 25.3 Å². The first-order valence-corrected chi connectivity index (χ1v) is 7.50. The van der Waals surface area contributed by atoms with Crippen molar-refractivity contribution in [2.75, 3.05) is 18.5 Å². The number of ether oxygens (including phenoxy) is 1. The number of hydrogen-bond donors (Lipinski definition) is 2. The number of aryl methyl sites for hydroxylation is 1. The summed E-state index contributed by atoms with van der Waals surface area (Å²) in [5.74, 6) is 0.369. The maximum absolute atomic E-state index is 12.1. The number of carbonyl (C=O) groups excluding carboxylic acids is 1. The summed E-state index contributed by atoms with van der Waals surface area (Å²) >= 11 is 0. The first-order valence-electron chi connectivity index (χ1n) is 7.50. The molecule has 0 radical (unpaired) electrons. The van der Waals surface area contributed by atoms with Crippen LogP contribution in [0, 0.1) is 6.92 Å². The van der Waals surface area contributed by atoms with Gasteiger partial charge in [-0.2, -0.15) is 0 Å². The van der Waals surface area contributed by atoms with Crippen LogP contribution in [0.2, 0.25) is 0 Å². The molecule has 0 bridgehead atoms. The Balaban J connectivity index is 2.02. The summed E-state index contributed by atoms with van der Waals surface area (Å²) in [7, 11) is 0. The van der Waals surface area contributed by atoms with E-state index in [1.54, 1.807) is 0 Å². The molecule has 1 fully saturated rings. The molecule has 1 aliphatic heterocycles. The molecule has 0 aliphatic carbocycles. The number of hydrogen-bond acceptors (Lipinski definition) is 2. The first kappa shape index (κ1) is 15.6. The van der Waals surface area contributed by atoms with Crippen molar-refractivity contribution < 1.29 is 9.53 Å². The summed E-state index contributed by atoms with van der Waals surface area (Å²) in [5, 5.41) is 5.80. The molecule has 0 spiro atoms. The molecular weight excluding hydrogens is 264 g/mol. The minimum absolute atomic E-state index is 0.190. The third-order valence-electron chi connectivity index (χ3n) is 3.71. The smallest absolute Gasteiger partial charge is 0.323 e. The third-order valence-corrected chi connectivity index (χ3v) is 3.71. The van der Waals surface area contributed by atoms with Crippen LogP contribution in [0.1, 0.15) is 43.7 Å². The Morgan fingerprint density at radius 3 is 2.67 bits per heavy atom. The average Bonchev–Trinajstić information content (AvgIpc) is 2.48. The molecule has 4 heteroatoms. The van der Waals surface area contributed by atoms with Crippen LogP contribution in [0.3, 0.4) is 0 Å². The summed E-state index contributed by atoms with van der Waals surface area (Å²) in [6, 6.07) is 5.91. The van der Waals surface area contributed by atoms with Gasteiger partial charge in [0.25, 0.3) is 0 Å². The Kier molecular flexibility index (Phi) is 5.39. The highest BCUT2D eigenvalue weighted by atomic mass is 16.5. The quantitative estimate of drug-likeness (QED) is 0.885. The van der Waals surface area contributed by atoms with Crippen LogP contribution < -0.4 is 10.6 Å². The number of anilines is 1. The van der Waals surface area contributed by atoms with Gasteiger partial charge in [-0.3, -0.25) is 0 Å². The largest absolute Gasteiger partial charge is 0.381 e. The van der Waals surface area contributed by atoms with E-state index < -0.39 is 0 Å². The van der Waals surface area contributed by atoms with Crippen LogP contribution in [0.4, 0.5) is 10.5 Å². The Hall–Kier alpha value is -1.81. The van der Waals surface area contributed by atoms with Crippen LogP contribution >= 0.6 is 0 Å². The number of nitrogens with one attached hydrogen (secondary N) is 2. The summed E-state index contributed by atoms with van der Waals surface area (Å²) in [6.07, 6.45) is 3.59. The topological polar surface area (TPSA) is 50.4 Å². The maximum atomic E-state index is 12.1. The average molecular weight is 288 g/mol. The van der Waals surface area contributed by atoms with Gasteiger partial charge in [-0.25, -0.2) is 4.79 Å². The molecule has 1 aromatic carbocycles. The molecule has 2 rings (SSSR count). The maximum Gasteiger partial charge on any atom is 0.323 e. The number of urea groups is 1. The van der Waals surface area contributed by atoms with Crippen molar-refractivity contribution in [3.8, 4) is 0 Å². The molecule has 1 saturated heterocycles. The van der Waals surface area contributed by atoms with Gasteiger partial charge in [0.2, 0.25) is 0 Å². The highest BCUT2D eigenvalue weighted by Crippen LogP contribution is 2.27. The highest BCUT2D eigenvalue weighted by Gasteiger charge is 2.12. The van der Waals surface area contributed by atoms with Gasteiger partial charge in [-0.05, 0) is 42.4 Å². The van der Waals surface area contributed by atoms with E-state index in [4.69, 9.17) is 4.74 Å². The molecule has 1 heterocycles. The van der Waals surface area contributed by atoms with E-state index in [-0.39, 0.29) is 6.03 Å². The zero-order valence-electron chi connectivity index (χ0n) is 13.0. The first-order chi connectivity index (χ1) is 10.1. The standard InChI is InChI=1S/C17H24N2O2/c1-12(2)15-6-4-5-13(3)16(15)19-17(20)18-11-14-7-9-21-10-8-14/h4-6,11-12H,7-10H2,1-3H3,(H2,18,19,20). The summed E-state index contributed by atoms with van der Waals surface area (Å²) in [5.41, 5.74) is 4.37. The fourth-order valence-electron chi connectivity index (χ4n) is 2.44. The molecule has 0 saturated carbocycles. The second-order valence-electron chi connectivity index (χ2n) is 5.71. The van der Waals surface area contributed by atoms with Gasteiger partial charge in [-0.1, -0.05) is 32.0 Å². The molecule has 4 nitrogen and oxygen atoms in total. The Bertz CT molecular complexity index is 528. The van der Waals surface area contributed by atoms with Crippen LogP contribution in [-0.2, 0) is 4.74 Å². The van der Waals surface area contributed by atoms with E-state index in [2.05, 4.69) is 30.5 Å². The Labute approximate surface area is 126 Å². The third kappa shape index (κ3) is 4.33. The fourth-order valence-corrected chi connectivity index (χ4v) is 2.44. The van der Waals surface area contributed by atoms with Gasteiger partial charge >= 0.3 is 6.03 Å². The second-order valence-corrected chi connectivity index (χ2v) is 5.71. The van der Waals surface area contributed by atoms with Crippen molar-refractivity contribution in [1.82, 2.24) is 5.32 Å². The summed E-state index contributed by atoms with van der Waals surface area (Å²) in [6.45, 7) is 7.75. The lowest BCUT2D eigenvalue weighted by molar-refractivity contribution is 0.119. The van der Waals surface area contributed by atoms with Crippen LogP contribution in [0.25, 0.3) is 0 Å². The van der Waals surface area contributed by atoms with Gasteiger partial charge in [0.15, 0.2) is 0 Å². The molecule has 0 aromatic heterocycles. The molecular formula is C17H24N2O2. The van der Waals surface area contributed by atoms with Crippen LogP contribution in [0.15, 0.2) is 30.0 Å². The molecule has 114 valence electrons. The number of rotatable bonds is 3. The molecule has 0 atom stereocenters. The van der Waals surface area contributed by atoms with Crippen molar-refractivity contribution in [2.24, 2.45) is 0 Å². The van der Waals surface area contributed by atoms with Crippen molar-refractivity contribution in [3.63, 3.8) is 0 Å².